The molecule has 0 radical (unpaired) electrons. The highest BCUT2D eigenvalue weighted by Gasteiger charge is 2.45. The lowest BCUT2D eigenvalue weighted by Crippen LogP contribution is -2.27. The fourth-order valence-corrected chi connectivity index (χ4v) is 5.43. The first-order valence-electron chi connectivity index (χ1n) is 11.4. The van der Waals surface area contributed by atoms with E-state index in [1.807, 2.05) is 97.1 Å². The number of ether oxygens (including phenoxy) is 2. The molecule has 1 aliphatic carbocycles. The highest BCUT2D eigenvalue weighted by Crippen LogP contribution is 2.57. The molecule has 1 N–H and O–H groups in total. The summed E-state index contributed by atoms with van der Waals surface area (Å²) >= 11 is 6.43. The molecule has 3 nitrogen and oxygen atoms in total. The summed E-state index contributed by atoms with van der Waals surface area (Å²) in [5, 5.41) is 13.3. The van der Waals surface area contributed by atoms with E-state index in [-0.39, 0.29) is 0 Å². The van der Waals surface area contributed by atoms with Gasteiger partial charge in [-0.25, -0.2) is 0 Å². The lowest BCUT2D eigenvalue weighted by atomic mass is 9.80. The third-order valence-corrected chi connectivity index (χ3v) is 7.06. The minimum absolute atomic E-state index is 0.567. The van der Waals surface area contributed by atoms with E-state index in [1.165, 1.54) is 0 Å². The van der Waals surface area contributed by atoms with Crippen molar-refractivity contribution in [3.8, 4) is 45.3 Å². The number of para-hydroxylation sites is 2. The largest absolute Gasteiger partial charge is 0.449 e. The molecule has 0 amide bonds. The smallest absolute Gasteiger partial charge is 0.170 e. The molecule has 0 saturated heterocycles. The van der Waals surface area contributed by atoms with Gasteiger partial charge in [-0.05, 0) is 58.7 Å². The number of hydrogen-bond acceptors (Lipinski definition) is 3. The maximum atomic E-state index is 12.7. The Bertz CT molecular complexity index is 1630. The molecule has 7 rings (SSSR count). The standard InChI is InChI=1S/C31H19ClO3/c32-20-14-15-25-22(16-20)23-17-29-30(35-28-13-7-6-12-27(28)34-29)18-26(23)31(25,33)24-11-5-4-10-21(24)19-8-2-1-3-9-19/h1-18,33H. The summed E-state index contributed by atoms with van der Waals surface area (Å²) in [6, 6.07) is 35.2. The zero-order valence-electron chi connectivity index (χ0n) is 18.5. The second kappa shape index (κ2) is 7.47. The van der Waals surface area contributed by atoms with Gasteiger partial charge >= 0.3 is 0 Å². The van der Waals surface area contributed by atoms with Gasteiger partial charge in [-0.2, -0.15) is 0 Å². The Labute approximate surface area is 207 Å². The number of fused-ring (bicyclic) bond motifs is 5. The van der Waals surface area contributed by atoms with Gasteiger partial charge in [0.15, 0.2) is 23.0 Å². The summed E-state index contributed by atoms with van der Waals surface area (Å²) in [6.07, 6.45) is 0. The van der Waals surface area contributed by atoms with E-state index < -0.39 is 5.60 Å². The van der Waals surface area contributed by atoms with Gasteiger partial charge in [-0.1, -0.05) is 84.4 Å². The van der Waals surface area contributed by atoms with Crippen LogP contribution >= 0.6 is 11.6 Å². The van der Waals surface area contributed by atoms with Crippen LogP contribution in [0.5, 0.6) is 23.0 Å². The number of hydrogen-bond donors (Lipinski definition) is 1. The Balaban J connectivity index is 1.50. The molecular formula is C31H19ClO3. The molecule has 5 aromatic rings. The molecule has 4 heteroatoms. The monoisotopic (exact) mass is 474 g/mol. The highest BCUT2D eigenvalue weighted by atomic mass is 35.5. The second-order valence-electron chi connectivity index (χ2n) is 8.81. The summed E-state index contributed by atoms with van der Waals surface area (Å²) in [4.78, 5) is 0. The second-order valence-corrected chi connectivity index (χ2v) is 9.24. The van der Waals surface area contributed by atoms with Crippen molar-refractivity contribution < 1.29 is 14.6 Å². The van der Waals surface area contributed by atoms with E-state index in [1.54, 1.807) is 0 Å². The molecule has 2 aliphatic rings. The Morgan fingerprint density at radius 1 is 0.514 bits per heavy atom. The Hall–Kier alpha value is -4.05. The zero-order valence-corrected chi connectivity index (χ0v) is 19.3. The molecule has 5 aromatic carbocycles. The van der Waals surface area contributed by atoms with Crippen LogP contribution in [0, 0.1) is 0 Å². The minimum Gasteiger partial charge on any atom is -0.449 e. The van der Waals surface area contributed by atoms with Gasteiger partial charge in [-0.15, -0.1) is 0 Å². The van der Waals surface area contributed by atoms with Crippen LogP contribution < -0.4 is 9.47 Å². The van der Waals surface area contributed by atoms with Crippen LogP contribution in [0.15, 0.2) is 109 Å². The van der Waals surface area contributed by atoms with E-state index in [0.717, 1.165) is 38.9 Å². The molecule has 0 saturated carbocycles. The number of halogens is 1. The van der Waals surface area contributed by atoms with Crippen LogP contribution in [-0.2, 0) is 5.60 Å². The van der Waals surface area contributed by atoms with Crippen molar-refractivity contribution in [2.75, 3.05) is 0 Å². The average molecular weight is 475 g/mol. The van der Waals surface area contributed by atoms with Crippen molar-refractivity contribution in [1.29, 1.82) is 0 Å². The molecule has 35 heavy (non-hydrogen) atoms. The van der Waals surface area contributed by atoms with Gasteiger partial charge in [0, 0.05) is 21.7 Å². The van der Waals surface area contributed by atoms with E-state index in [2.05, 4.69) is 12.1 Å². The molecule has 1 atom stereocenters. The normalized spacial score (nSPS) is 16.9. The lowest BCUT2D eigenvalue weighted by molar-refractivity contribution is 0.131. The summed E-state index contributed by atoms with van der Waals surface area (Å²) in [5.41, 5.74) is 4.65. The van der Waals surface area contributed by atoms with E-state index in [4.69, 9.17) is 21.1 Å². The Morgan fingerprint density at radius 3 is 1.89 bits per heavy atom. The molecule has 0 spiro atoms. The average Bonchev–Trinajstić information content (AvgIpc) is 3.14. The summed E-state index contributed by atoms with van der Waals surface area (Å²) < 4.78 is 12.4. The number of rotatable bonds is 2. The van der Waals surface area contributed by atoms with Crippen molar-refractivity contribution in [2.24, 2.45) is 0 Å². The first-order valence-corrected chi connectivity index (χ1v) is 11.8. The topological polar surface area (TPSA) is 38.7 Å². The summed E-state index contributed by atoms with van der Waals surface area (Å²) in [7, 11) is 0. The summed E-state index contributed by atoms with van der Waals surface area (Å²) in [6.45, 7) is 0. The van der Waals surface area contributed by atoms with Crippen LogP contribution in [0.1, 0.15) is 16.7 Å². The van der Waals surface area contributed by atoms with E-state index in [0.29, 0.717) is 28.0 Å². The predicted octanol–water partition coefficient (Wildman–Crippen LogP) is 8.17. The first-order chi connectivity index (χ1) is 17.1. The van der Waals surface area contributed by atoms with Gasteiger partial charge < -0.3 is 14.6 Å². The molecular weight excluding hydrogens is 456 g/mol. The van der Waals surface area contributed by atoms with Gasteiger partial charge in [0.05, 0.1) is 0 Å². The van der Waals surface area contributed by atoms with Crippen LogP contribution in [0.2, 0.25) is 5.02 Å². The highest BCUT2D eigenvalue weighted by molar-refractivity contribution is 6.31. The minimum atomic E-state index is -1.41. The molecule has 0 aromatic heterocycles. The third kappa shape index (κ3) is 2.96. The molecule has 0 fully saturated rings. The maximum Gasteiger partial charge on any atom is 0.170 e. The van der Waals surface area contributed by atoms with Gasteiger partial charge in [0.1, 0.15) is 5.60 Å². The zero-order chi connectivity index (χ0) is 23.6. The van der Waals surface area contributed by atoms with Crippen LogP contribution in [0.25, 0.3) is 22.3 Å². The molecule has 0 bridgehead atoms. The lowest BCUT2D eigenvalue weighted by Gasteiger charge is -2.30. The van der Waals surface area contributed by atoms with E-state index >= 15 is 0 Å². The van der Waals surface area contributed by atoms with Gasteiger partial charge in [0.25, 0.3) is 0 Å². The Kier molecular flexibility index (Phi) is 4.34. The van der Waals surface area contributed by atoms with Crippen molar-refractivity contribution >= 4 is 11.6 Å². The fraction of sp³-hybridized carbons (Fsp3) is 0.0323. The van der Waals surface area contributed by atoms with Crippen molar-refractivity contribution in [3.63, 3.8) is 0 Å². The molecule has 1 aliphatic heterocycles. The number of aliphatic hydroxyl groups is 1. The number of benzene rings is 5. The maximum absolute atomic E-state index is 12.7. The Morgan fingerprint density at radius 2 is 1.11 bits per heavy atom. The quantitative estimate of drug-likeness (QED) is 0.275. The van der Waals surface area contributed by atoms with Gasteiger partial charge in [0.2, 0.25) is 0 Å². The van der Waals surface area contributed by atoms with Crippen molar-refractivity contribution in [2.45, 2.75) is 5.60 Å². The molecule has 168 valence electrons. The van der Waals surface area contributed by atoms with Crippen LogP contribution in [-0.4, -0.2) is 5.11 Å². The van der Waals surface area contributed by atoms with Crippen molar-refractivity contribution in [1.82, 2.24) is 0 Å². The van der Waals surface area contributed by atoms with Gasteiger partial charge in [-0.3, -0.25) is 0 Å². The van der Waals surface area contributed by atoms with E-state index in [9.17, 15) is 5.11 Å². The van der Waals surface area contributed by atoms with Crippen LogP contribution in [0.4, 0.5) is 0 Å². The molecule has 1 unspecified atom stereocenters. The first kappa shape index (κ1) is 20.3. The predicted molar refractivity (Wildman–Crippen MR) is 137 cm³/mol. The molecule has 1 heterocycles. The SMILES string of the molecule is OC1(c2ccccc2-c2ccccc2)c2ccc(Cl)cc2-c2cc3c(cc21)Oc1ccccc1O3. The van der Waals surface area contributed by atoms with Crippen LogP contribution in [0.3, 0.4) is 0 Å². The van der Waals surface area contributed by atoms with Crippen molar-refractivity contribution in [3.05, 3.63) is 131 Å². The fourth-order valence-electron chi connectivity index (χ4n) is 5.26. The summed E-state index contributed by atoms with van der Waals surface area (Å²) in [5.74, 6) is 2.48. The third-order valence-electron chi connectivity index (χ3n) is 6.83.